The van der Waals surface area contributed by atoms with Crippen LogP contribution in [0.1, 0.15) is 22.3 Å². The maximum Gasteiger partial charge on any atom is 0.0725 e. The lowest BCUT2D eigenvalue weighted by Crippen LogP contribution is -2.25. The molecule has 0 amide bonds. The zero-order chi connectivity index (χ0) is 32.6. The zero-order valence-corrected chi connectivity index (χ0v) is 27.9. The van der Waals surface area contributed by atoms with Gasteiger partial charge in [-0.1, -0.05) is 146 Å². The van der Waals surface area contributed by atoms with Gasteiger partial charge in [-0.25, -0.2) is 0 Å². The molecule has 1 spiro atoms. The number of fused-ring (bicyclic) bond motifs is 19. The van der Waals surface area contributed by atoms with Crippen LogP contribution in [0.5, 0.6) is 0 Å². The predicted molar refractivity (Wildman–Crippen MR) is 214 cm³/mol. The molecule has 0 atom stereocenters. The van der Waals surface area contributed by atoms with Crippen molar-refractivity contribution in [3.63, 3.8) is 0 Å². The summed E-state index contributed by atoms with van der Waals surface area (Å²) in [5.74, 6) is 0. The third kappa shape index (κ3) is 3.22. The molecular formula is C49H28S. The van der Waals surface area contributed by atoms with E-state index in [0.29, 0.717) is 0 Å². The fraction of sp³-hybridized carbons (Fsp3) is 0.0204. The van der Waals surface area contributed by atoms with Crippen molar-refractivity contribution in [3.8, 4) is 33.4 Å². The topological polar surface area (TPSA) is 0 Å². The van der Waals surface area contributed by atoms with Crippen LogP contribution in [-0.2, 0) is 5.41 Å². The lowest BCUT2D eigenvalue weighted by atomic mass is 9.70. The fourth-order valence-electron chi connectivity index (χ4n) is 9.68. The van der Waals surface area contributed by atoms with Gasteiger partial charge in [0.05, 0.1) is 5.41 Å². The lowest BCUT2D eigenvalue weighted by Gasteiger charge is -2.31. The van der Waals surface area contributed by atoms with Gasteiger partial charge in [-0.2, -0.15) is 0 Å². The molecular weight excluding hydrogens is 621 g/mol. The van der Waals surface area contributed by atoms with Gasteiger partial charge < -0.3 is 0 Å². The van der Waals surface area contributed by atoms with Gasteiger partial charge in [0.1, 0.15) is 0 Å². The van der Waals surface area contributed by atoms with Gasteiger partial charge in [0.25, 0.3) is 0 Å². The van der Waals surface area contributed by atoms with Crippen molar-refractivity contribution in [1.29, 1.82) is 0 Å². The minimum absolute atomic E-state index is 0.402. The molecule has 0 saturated carbocycles. The van der Waals surface area contributed by atoms with E-state index in [9.17, 15) is 0 Å². The number of thiophene rings is 1. The largest absolute Gasteiger partial charge is 0.135 e. The molecule has 12 rings (SSSR count). The van der Waals surface area contributed by atoms with Crippen LogP contribution in [0.2, 0.25) is 0 Å². The summed E-state index contributed by atoms with van der Waals surface area (Å²) in [4.78, 5) is 0. The Labute approximate surface area is 293 Å². The van der Waals surface area contributed by atoms with Gasteiger partial charge >= 0.3 is 0 Å². The van der Waals surface area contributed by atoms with Gasteiger partial charge in [0.15, 0.2) is 0 Å². The van der Waals surface area contributed by atoms with Gasteiger partial charge in [0.2, 0.25) is 0 Å². The van der Waals surface area contributed by atoms with E-state index < -0.39 is 5.41 Å². The first-order valence-electron chi connectivity index (χ1n) is 17.4. The Balaban J connectivity index is 1.24. The van der Waals surface area contributed by atoms with E-state index in [2.05, 4.69) is 170 Å². The Morgan fingerprint density at radius 2 is 0.800 bits per heavy atom. The highest BCUT2D eigenvalue weighted by Crippen LogP contribution is 2.64. The highest BCUT2D eigenvalue weighted by atomic mass is 32.1. The monoisotopic (exact) mass is 648 g/mol. The number of benzene rings is 9. The Morgan fingerprint density at radius 1 is 0.300 bits per heavy atom. The number of hydrogen-bond acceptors (Lipinski definition) is 1. The Morgan fingerprint density at radius 3 is 1.50 bits per heavy atom. The van der Waals surface area contributed by atoms with Gasteiger partial charge in [-0.3, -0.25) is 0 Å². The molecule has 230 valence electrons. The number of rotatable bonds is 1. The molecule has 1 aromatic heterocycles. The quantitative estimate of drug-likeness (QED) is 0.155. The highest BCUT2D eigenvalue weighted by molar-refractivity contribution is 7.26. The van der Waals surface area contributed by atoms with Crippen molar-refractivity contribution in [1.82, 2.24) is 0 Å². The van der Waals surface area contributed by atoms with E-state index >= 15 is 0 Å². The van der Waals surface area contributed by atoms with Crippen molar-refractivity contribution in [2.45, 2.75) is 5.41 Å². The lowest BCUT2D eigenvalue weighted by molar-refractivity contribution is 0.795. The average Bonchev–Trinajstić information content (AvgIpc) is 3.81. The highest BCUT2D eigenvalue weighted by Gasteiger charge is 2.51. The summed E-state index contributed by atoms with van der Waals surface area (Å²) in [5.41, 5.74) is 13.0. The van der Waals surface area contributed by atoms with Gasteiger partial charge in [-0.15, -0.1) is 11.3 Å². The summed E-state index contributed by atoms with van der Waals surface area (Å²) in [6.45, 7) is 0. The molecule has 0 unspecified atom stereocenters. The first-order valence-corrected chi connectivity index (χ1v) is 18.2. The second-order valence-corrected chi connectivity index (χ2v) is 15.0. The first-order chi connectivity index (χ1) is 24.8. The summed E-state index contributed by atoms with van der Waals surface area (Å²) >= 11 is 1.91. The summed E-state index contributed by atoms with van der Waals surface area (Å²) in [5, 5.41) is 10.6. The second kappa shape index (κ2) is 9.57. The molecule has 50 heavy (non-hydrogen) atoms. The summed E-state index contributed by atoms with van der Waals surface area (Å²) < 4.78 is 2.69. The normalized spacial score (nSPS) is 13.8. The predicted octanol–water partition coefficient (Wildman–Crippen LogP) is 13.5. The molecule has 0 fully saturated rings. The van der Waals surface area contributed by atoms with Crippen LogP contribution in [0.3, 0.4) is 0 Å². The molecule has 0 N–H and O–H groups in total. The molecule has 1 heteroatoms. The third-order valence-electron chi connectivity index (χ3n) is 11.7. The zero-order valence-electron chi connectivity index (χ0n) is 27.1. The molecule has 0 saturated heterocycles. The summed E-state index contributed by atoms with van der Waals surface area (Å²) in [7, 11) is 0. The SMILES string of the molecule is c1ccc2c(c1)-c1ccccc1C21c2ccc(-c3cccc4c3sc3ccccc34)cc2-c2cc3c4ccccc4c4ccccc4c3cc21. The van der Waals surface area contributed by atoms with Crippen LogP contribution in [-0.4, -0.2) is 0 Å². The van der Waals surface area contributed by atoms with Crippen molar-refractivity contribution >= 4 is 63.8 Å². The van der Waals surface area contributed by atoms with Crippen molar-refractivity contribution in [2.24, 2.45) is 0 Å². The first kappa shape index (κ1) is 26.9. The maximum atomic E-state index is 2.56. The minimum Gasteiger partial charge on any atom is -0.135 e. The Kier molecular flexibility index (Phi) is 5.14. The van der Waals surface area contributed by atoms with Crippen LogP contribution in [0.15, 0.2) is 170 Å². The standard InChI is InChI=1S/C49H28S/c1-3-14-33-31(12-1)32-13-2-4-15-34(32)40-28-46-42(27-39(33)40)41-26-29(30-19-11-20-38-37-18-7-10-23-47(37)50-48(30)38)24-25-45(41)49(46)43-21-8-5-16-35(43)36-17-6-9-22-44(36)49/h1-28H. The van der Waals surface area contributed by atoms with Gasteiger partial charge in [-0.05, 0) is 112 Å². The van der Waals surface area contributed by atoms with E-state index in [0.717, 1.165) is 0 Å². The third-order valence-corrected chi connectivity index (χ3v) is 12.9. The average molecular weight is 649 g/mol. The fourth-order valence-corrected chi connectivity index (χ4v) is 10.9. The molecule has 9 aromatic carbocycles. The summed E-state index contributed by atoms with van der Waals surface area (Å²) in [6, 6.07) is 64.2. The van der Waals surface area contributed by atoms with E-state index in [-0.39, 0.29) is 0 Å². The van der Waals surface area contributed by atoms with Crippen LogP contribution < -0.4 is 0 Å². The minimum atomic E-state index is -0.402. The molecule has 0 bridgehead atoms. The van der Waals surface area contributed by atoms with Crippen LogP contribution in [0, 0.1) is 0 Å². The smallest absolute Gasteiger partial charge is 0.0725 e. The van der Waals surface area contributed by atoms with Gasteiger partial charge in [0, 0.05) is 20.2 Å². The van der Waals surface area contributed by atoms with Crippen molar-refractivity contribution in [3.05, 3.63) is 192 Å². The molecule has 10 aromatic rings. The Hall–Kier alpha value is -6.02. The number of hydrogen-bond donors (Lipinski definition) is 0. The molecule has 2 aliphatic rings. The molecule has 0 nitrogen and oxygen atoms in total. The van der Waals surface area contributed by atoms with Crippen molar-refractivity contribution in [2.75, 3.05) is 0 Å². The maximum absolute atomic E-state index is 2.56. The summed E-state index contributed by atoms with van der Waals surface area (Å²) in [6.07, 6.45) is 0. The Bertz CT molecular complexity index is 3060. The molecule has 2 aliphatic carbocycles. The van der Waals surface area contributed by atoms with Crippen LogP contribution >= 0.6 is 11.3 Å². The van der Waals surface area contributed by atoms with E-state index in [1.165, 1.54) is 108 Å². The van der Waals surface area contributed by atoms with E-state index in [4.69, 9.17) is 0 Å². The van der Waals surface area contributed by atoms with E-state index in [1.54, 1.807) is 0 Å². The van der Waals surface area contributed by atoms with Crippen LogP contribution in [0.25, 0.3) is 85.9 Å². The van der Waals surface area contributed by atoms with Crippen molar-refractivity contribution < 1.29 is 0 Å². The molecule has 0 radical (unpaired) electrons. The molecule has 1 heterocycles. The molecule has 0 aliphatic heterocycles. The second-order valence-electron chi connectivity index (χ2n) is 13.9. The van der Waals surface area contributed by atoms with E-state index in [1.807, 2.05) is 11.3 Å². The van der Waals surface area contributed by atoms with Crippen LogP contribution in [0.4, 0.5) is 0 Å².